The van der Waals surface area contributed by atoms with Gasteiger partial charge in [0.1, 0.15) is 0 Å². The number of carbonyl (C=O) groups is 1. The number of hydrogen-bond donors (Lipinski definition) is 2. The molecule has 3 nitrogen and oxygen atoms in total. The summed E-state index contributed by atoms with van der Waals surface area (Å²) in [6.45, 7) is 2.02. The Balaban J connectivity index is 0.00000176. The van der Waals surface area contributed by atoms with Gasteiger partial charge in [-0.05, 0) is 48.7 Å². The standard InChI is InChI=1S/C18H22N2O.ClH/c21-18(20-17-9-11-19-12-10-17)8-6-14-5-7-15-3-1-2-4-16(15)13-14;/h1-5,7,13,17,19H,6,8-12H2,(H,20,21);1H. The number of benzene rings is 2. The molecule has 0 unspecified atom stereocenters. The number of fused-ring (bicyclic) bond motifs is 1. The minimum absolute atomic E-state index is 0. The lowest BCUT2D eigenvalue weighted by Gasteiger charge is -2.23. The number of hydrogen-bond acceptors (Lipinski definition) is 2. The molecule has 118 valence electrons. The van der Waals surface area contributed by atoms with E-state index < -0.39 is 0 Å². The van der Waals surface area contributed by atoms with Gasteiger partial charge >= 0.3 is 0 Å². The highest BCUT2D eigenvalue weighted by molar-refractivity contribution is 5.85. The van der Waals surface area contributed by atoms with Gasteiger partial charge in [-0.15, -0.1) is 12.4 Å². The molecular formula is C18H23ClN2O. The van der Waals surface area contributed by atoms with Crippen LogP contribution in [0.15, 0.2) is 42.5 Å². The summed E-state index contributed by atoms with van der Waals surface area (Å²) in [7, 11) is 0. The van der Waals surface area contributed by atoms with Gasteiger partial charge in [0.05, 0.1) is 0 Å². The average molecular weight is 319 g/mol. The van der Waals surface area contributed by atoms with Gasteiger partial charge in [0.15, 0.2) is 0 Å². The molecule has 0 radical (unpaired) electrons. The van der Waals surface area contributed by atoms with Crippen LogP contribution in [0.5, 0.6) is 0 Å². The summed E-state index contributed by atoms with van der Waals surface area (Å²) in [5, 5.41) is 8.95. The maximum Gasteiger partial charge on any atom is 0.220 e. The molecule has 1 amide bonds. The van der Waals surface area contributed by atoms with Crippen molar-refractivity contribution in [3.63, 3.8) is 0 Å². The molecule has 1 fully saturated rings. The summed E-state index contributed by atoms with van der Waals surface area (Å²) < 4.78 is 0. The van der Waals surface area contributed by atoms with E-state index in [2.05, 4.69) is 53.1 Å². The van der Waals surface area contributed by atoms with E-state index in [0.29, 0.717) is 12.5 Å². The molecule has 1 saturated heterocycles. The Morgan fingerprint density at radius 2 is 1.82 bits per heavy atom. The van der Waals surface area contributed by atoms with Crippen molar-refractivity contribution in [3.8, 4) is 0 Å². The Hall–Kier alpha value is -1.58. The lowest BCUT2D eigenvalue weighted by atomic mass is 10.0. The second kappa shape index (κ2) is 8.16. The molecule has 0 aliphatic carbocycles. The van der Waals surface area contributed by atoms with E-state index in [1.54, 1.807) is 0 Å². The zero-order chi connectivity index (χ0) is 14.5. The molecule has 1 heterocycles. The zero-order valence-electron chi connectivity index (χ0n) is 12.7. The number of aryl methyl sites for hydroxylation is 1. The SMILES string of the molecule is Cl.O=C(CCc1ccc2ccccc2c1)NC1CCNCC1. The van der Waals surface area contributed by atoms with Crippen molar-refractivity contribution < 1.29 is 4.79 Å². The van der Waals surface area contributed by atoms with Crippen LogP contribution in [0.2, 0.25) is 0 Å². The van der Waals surface area contributed by atoms with Crippen molar-refractivity contribution in [1.82, 2.24) is 10.6 Å². The van der Waals surface area contributed by atoms with Crippen LogP contribution in [0.1, 0.15) is 24.8 Å². The summed E-state index contributed by atoms with van der Waals surface area (Å²) in [5.41, 5.74) is 1.23. The van der Waals surface area contributed by atoms with Gasteiger partial charge in [-0.3, -0.25) is 4.79 Å². The molecule has 1 aliphatic heterocycles. The van der Waals surface area contributed by atoms with Crippen LogP contribution in [0.4, 0.5) is 0 Å². The number of piperidine rings is 1. The fourth-order valence-electron chi connectivity index (χ4n) is 2.92. The first-order valence-electron chi connectivity index (χ1n) is 7.79. The fourth-order valence-corrected chi connectivity index (χ4v) is 2.92. The Morgan fingerprint density at radius 3 is 2.59 bits per heavy atom. The third-order valence-electron chi connectivity index (χ3n) is 4.16. The Morgan fingerprint density at radius 1 is 1.09 bits per heavy atom. The number of halogens is 1. The molecule has 0 atom stereocenters. The number of amides is 1. The normalized spacial score (nSPS) is 15.3. The molecule has 0 spiro atoms. The monoisotopic (exact) mass is 318 g/mol. The minimum atomic E-state index is 0. The first-order valence-corrected chi connectivity index (χ1v) is 7.79. The van der Waals surface area contributed by atoms with Crippen molar-refractivity contribution in [2.24, 2.45) is 0 Å². The van der Waals surface area contributed by atoms with Crippen LogP contribution >= 0.6 is 12.4 Å². The van der Waals surface area contributed by atoms with E-state index in [4.69, 9.17) is 0 Å². The predicted octanol–water partition coefficient (Wildman–Crippen LogP) is 3.06. The van der Waals surface area contributed by atoms with Gasteiger partial charge in [-0.25, -0.2) is 0 Å². The van der Waals surface area contributed by atoms with Crippen LogP contribution in [0.3, 0.4) is 0 Å². The summed E-state index contributed by atoms with van der Waals surface area (Å²) >= 11 is 0. The Labute approximate surface area is 137 Å². The quantitative estimate of drug-likeness (QED) is 0.909. The molecule has 2 aromatic rings. The van der Waals surface area contributed by atoms with E-state index in [9.17, 15) is 4.79 Å². The van der Waals surface area contributed by atoms with E-state index in [0.717, 1.165) is 32.4 Å². The summed E-state index contributed by atoms with van der Waals surface area (Å²) in [5.74, 6) is 0.176. The Bertz CT molecular complexity index is 623. The molecule has 0 saturated carbocycles. The molecule has 4 heteroatoms. The first kappa shape index (κ1) is 16.8. The average Bonchev–Trinajstić information content (AvgIpc) is 2.54. The highest BCUT2D eigenvalue weighted by atomic mass is 35.5. The molecule has 3 rings (SSSR count). The van der Waals surface area contributed by atoms with E-state index >= 15 is 0 Å². The topological polar surface area (TPSA) is 41.1 Å². The van der Waals surface area contributed by atoms with Crippen molar-refractivity contribution in [1.29, 1.82) is 0 Å². The fraction of sp³-hybridized carbons (Fsp3) is 0.389. The van der Waals surface area contributed by atoms with Gasteiger partial charge in [0, 0.05) is 12.5 Å². The highest BCUT2D eigenvalue weighted by Gasteiger charge is 2.14. The second-order valence-corrected chi connectivity index (χ2v) is 5.77. The van der Waals surface area contributed by atoms with Crippen LogP contribution in [0.25, 0.3) is 10.8 Å². The second-order valence-electron chi connectivity index (χ2n) is 5.77. The smallest absolute Gasteiger partial charge is 0.220 e. The van der Waals surface area contributed by atoms with Gasteiger partial charge < -0.3 is 10.6 Å². The molecule has 2 N–H and O–H groups in total. The van der Waals surface area contributed by atoms with Crippen LogP contribution in [-0.4, -0.2) is 25.0 Å². The maximum atomic E-state index is 12.0. The molecule has 0 aromatic heterocycles. The van der Waals surface area contributed by atoms with Crippen molar-refractivity contribution in [2.45, 2.75) is 31.7 Å². The van der Waals surface area contributed by atoms with Gasteiger partial charge in [0.2, 0.25) is 5.91 Å². The van der Waals surface area contributed by atoms with E-state index in [-0.39, 0.29) is 18.3 Å². The van der Waals surface area contributed by atoms with Gasteiger partial charge in [0.25, 0.3) is 0 Å². The molecule has 1 aliphatic rings. The van der Waals surface area contributed by atoms with Crippen LogP contribution < -0.4 is 10.6 Å². The molecule has 2 aromatic carbocycles. The number of carbonyl (C=O) groups excluding carboxylic acids is 1. The van der Waals surface area contributed by atoms with Crippen LogP contribution in [-0.2, 0) is 11.2 Å². The summed E-state index contributed by atoms with van der Waals surface area (Å²) in [6.07, 6.45) is 3.47. The summed E-state index contributed by atoms with van der Waals surface area (Å²) in [6, 6.07) is 15.1. The first-order chi connectivity index (χ1) is 10.3. The van der Waals surface area contributed by atoms with E-state index in [1.165, 1.54) is 16.3 Å². The predicted molar refractivity (Wildman–Crippen MR) is 93.6 cm³/mol. The van der Waals surface area contributed by atoms with Crippen molar-refractivity contribution in [3.05, 3.63) is 48.0 Å². The van der Waals surface area contributed by atoms with Gasteiger partial charge in [-0.1, -0.05) is 42.5 Å². The lowest BCUT2D eigenvalue weighted by molar-refractivity contribution is -0.121. The third kappa shape index (κ3) is 4.46. The third-order valence-corrected chi connectivity index (χ3v) is 4.16. The Kier molecular flexibility index (Phi) is 6.22. The van der Waals surface area contributed by atoms with Crippen molar-refractivity contribution >= 4 is 29.1 Å². The highest BCUT2D eigenvalue weighted by Crippen LogP contribution is 2.16. The van der Waals surface area contributed by atoms with E-state index in [1.807, 2.05) is 0 Å². The lowest BCUT2D eigenvalue weighted by Crippen LogP contribution is -2.42. The van der Waals surface area contributed by atoms with Crippen LogP contribution in [0, 0.1) is 0 Å². The molecular weight excluding hydrogens is 296 g/mol. The zero-order valence-corrected chi connectivity index (χ0v) is 13.5. The minimum Gasteiger partial charge on any atom is -0.353 e. The number of nitrogens with one attached hydrogen (secondary N) is 2. The van der Waals surface area contributed by atoms with Gasteiger partial charge in [-0.2, -0.15) is 0 Å². The van der Waals surface area contributed by atoms with Crippen molar-refractivity contribution in [2.75, 3.05) is 13.1 Å². The number of rotatable bonds is 4. The summed E-state index contributed by atoms with van der Waals surface area (Å²) in [4.78, 5) is 12.0. The largest absolute Gasteiger partial charge is 0.353 e. The molecule has 22 heavy (non-hydrogen) atoms. The maximum absolute atomic E-state index is 12.0. The molecule has 0 bridgehead atoms.